The van der Waals surface area contributed by atoms with Crippen molar-refractivity contribution in [2.75, 3.05) is 18.0 Å². The standard InChI is InChI=1S/C18H24N2/c1-4-20(17-12-8-9-15(2)13-17)14-18(3,19)16-10-6-5-7-11-16/h5-13H,4,14,19H2,1-3H3. The summed E-state index contributed by atoms with van der Waals surface area (Å²) in [6, 6.07) is 18.9. The average molecular weight is 268 g/mol. The largest absolute Gasteiger partial charge is 0.370 e. The maximum atomic E-state index is 6.55. The van der Waals surface area contributed by atoms with Crippen molar-refractivity contribution in [1.29, 1.82) is 0 Å². The molecule has 2 aromatic carbocycles. The molecule has 0 aliphatic rings. The van der Waals surface area contributed by atoms with Crippen LogP contribution in [0.25, 0.3) is 0 Å². The smallest absolute Gasteiger partial charge is 0.0558 e. The van der Waals surface area contributed by atoms with Gasteiger partial charge in [0.15, 0.2) is 0 Å². The van der Waals surface area contributed by atoms with Crippen molar-refractivity contribution >= 4 is 5.69 Å². The van der Waals surface area contributed by atoms with Crippen LogP contribution in [0.1, 0.15) is 25.0 Å². The lowest BCUT2D eigenvalue weighted by molar-refractivity contribution is 0.486. The SMILES string of the molecule is CCN(CC(C)(N)c1ccccc1)c1cccc(C)c1. The fourth-order valence-corrected chi connectivity index (χ4v) is 2.52. The lowest BCUT2D eigenvalue weighted by Gasteiger charge is -2.34. The summed E-state index contributed by atoms with van der Waals surface area (Å²) in [6.07, 6.45) is 0. The van der Waals surface area contributed by atoms with E-state index in [4.69, 9.17) is 5.73 Å². The Balaban J connectivity index is 2.22. The molecule has 2 nitrogen and oxygen atoms in total. The molecular weight excluding hydrogens is 244 g/mol. The van der Waals surface area contributed by atoms with E-state index >= 15 is 0 Å². The third-order valence-corrected chi connectivity index (χ3v) is 3.70. The first-order valence-electron chi connectivity index (χ1n) is 7.19. The van der Waals surface area contributed by atoms with Crippen LogP contribution >= 0.6 is 0 Å². The van der Waals surface area contributed by atoms with Crippen LogP contribution in [0.4, 0.5) is 5.69 Å². The predicted molar refractivity (Wildman–Crippen MR) is 87.0 cm³/mol. The van der Waals surface area contributed by atoms with Crippen LogP contribution in [0.5, 0.6) is 0 Å². The van der Waals surface area contributed by atoms with Crippen molar-refractivity contribution in [1.82, 2.24) is 0 Å². The number of hydrogen-bond donors (Lipinski definition) is 1. The molecule has 2 N–H and O–H groups in total. The second-order valence-corrected chi connectivity index (χ2v) is 5.64. The minimum Gasteiger partial charge on any atom is -0.370 e. The van der Waals surface area contributed by atoms with Crippen molar-refractivity contribution in [2.45, 2.75) is 26.3 Å². The molecule has 106 valence electrons. The van der Waals surface area contributed by atoms with Crippen molar-refractivity contribution in [3.05, 3.63) is 65.7 Å². The minimum absolute atomic E-state index is 0.360. The van der Waals surface area contributed by atoms with Crippen molar-refractivity contribution in [3.63, 3.8) is 0 Å². The number of rotatable bonds is 5. The van der Waals surface area contributed by atoms with Gasteiger partial charge < -0.3 is 10.6 Å². The van der Waals surface area contributed by atoms with Gasteiger partial charge in [-0.15, -0.1) is 0 Å². The molecule has 0 aliphatic carbocycles. The number of hydrogen-bond acceptors (Lipinski definition) is 2. The molecule has 0 spiro atoms. The van der Waals surface area contributed by atoms with Crippen LogP contribution in [0.2, 0.25) is 0 Å². The monoisotopic (exact) mass is 268 g/mol. The molecule has 0 aliphatic heterocycles. The van der Waals surface area contributed by atoms with Crippen molar-refractivity contribution in [3.8, 4) is 0 Å². The Morgan fingerprint density at radius 3 is 2.35 bits per heavy atom. The third kappa shape index (κ3) is 3.40. The van der Waals surface area contributed by atoms with E-state index in [9.17, 15) is 0 Å². The van der Waals surface area contributed by atoms with Crippen LogP contribution in [0.3, 0.4) is 0 Å². The highest BCUT2D eigenvalue weighted by molar-refractivity contribution is 5.49. The van der Waals surface area contributed by atoms with Crippen molar-refractivity contribution < 1.29 is 0 Å². The second kappa shape index (κ2) is 6.10. The van der Waals surface area contributed by atoms with Gasteiger partial charge in [0.1, 0.15) is 0 Å². The Morgan fingerprint density at radius 1 is 1.05 bits per heavy atom. The molecule has 2 rings (SSSR count). The van der Waals surface area contributed by atoms with Crippen LogP contribution in [-0.2, 0) is 5.54 Å². The van der Waals surface area contributed by atoms with E-state index < -0.39 is 0 Å². The average Bonchev–Trinajstić information content (AvgIpc) is 2.46. The summed E-state index contributed by atoms with van der Waals surface area (Å²) in [5.74, 6) is 0. The molecule has 1 unspecified atom stereocenters. The first kappa shape index (κ1) is 14.6. The molecule has 0 saturated heterocycles. The van der Waals surface area contributed by atoms with Gasteiger partial charge in [0.25, 0.3) is 0 Å². The topological polar surface area (TPSA) is 29.3 Å². The molecule has 2 aromatic rings. The molecule has 0 saturated carbocycles. The van der Waals surface area contributed by atoms with Gasteiger partial charge in [-0.2, -0.15) is 0 Å². The summed E-state index contributed by atoms with van der Waals surface area (Å²) in [5, 5.41) is 0. The molecule has 0 amide bonds. The maximum Gasteiger partial charge on any atom is 0.0558 e. The molecular formula is C18H24N2. The van der Waals surface area contributed by atoms with E-state index in [0.717, 1.165) is 13.1 Å². The van der Waals surface area contributed by atoms with E-state index in [-0.39, 0.29) is 5.54 Å². The fourth-order valence-electron chi connectivity index (χ4n) is 2.52. The van der Waals surface area contributed by atoms with Gasteiger partial charge in [-0.1, -0.05) is 42.5 Å². The summed E-state index contributed by atoms with van der Waals surface area (Å²) in [5.41, 5.74) is 9.87. The Morgan fingerprint density at radius 2 is 1.75 bits per heavy atom. The van der Waals surface area contributed by atoms with Crippen LogP contribution in [0, 0.1) is 6.92 Å². The van der Waals surface area contributed by atoms with E-state index in [0.29, 0.717) is 0 Å². The zero-order valence-electron chi connectivity index (χ0n) is 12.6. The van der Waals surface area contributed by atoms with E-state index in [1.807, 2.05) is 18.2 Å². The van der Waals surface area contributed by atoms with E-state index in [1.54, 1.807) is 0 Å². The van der Waals surface area contributed by atoms with Crippen molar-refractivity contribution in [2.24, 2.45) is 5.73 Å². The van der Waals surface area contributed by atoms with Gasteiger partial charge in [-0.05, 0) is 44.0 Å². The predicted octanol–water partition coefficient (Wildman–Crippen LogP) is 3.70. The summed E-state index contributed by atoms with van der Waals surface area (Å²) < 4.78 is 0. The number of nitrogens with zero attached hydrogens (tertiary/aromatic N) is 1. The first-order chi connectivity index (χ1) is 9.53. The van der Waals surface area contributed by atoms with Crippen LogP contribution in [-0.4, -0.2) is 13.1 Å². The Labute approximate surface area is 122 Å². The Kier molecular flexibility index (Phi) is 4.46. The zero-order chi connectivity index (χ0) is 14.6. The van der Waals surface area contributed by atoms with Gasteiger partial charge in [-0.25, -0.2) is 0 Å². The summed E-state index contributed by atoms with van der Waals surface area (Å²) >= 11 is 0. The molecule has 1 atom stereocenters. The van der Waals surface area contributed by atoms with Gasteiger partial charge in [0.2, 0.25) is 0 Å². The van der Waals surface area contributed by atoms with Gasteiger partial charge in [-0.3, -0.25) is 0 Å². The minimum atomic E-state index is -0.360. The molecule has 20 heavy (non-hydrogen) atoms. The summed E-state index contributed by atoms with van der Waals surface area (Å²) in [7, 11) is 0. The van der Waals surface area contributed by atoms with Crippen LogP contribution in [0.15, 0.2) is 54.6 Å². The summed E-state index contributed by atoms with van der Waals surface area (Å²) in [4.78, 5) is 2.33. The number of benzene rings is 2. The van der Waals surface area contributed by atoms with Gasteiger partial charge in [0, 0.05) is 18.8 Å². The lowest BCUT2D eigenvalue weighted by atomic mass is 9.92. The number of aryl methyl sites for hydroxylation is 1. The Hall–Kier alpha value is -1.80. The molecule has 0 fully saturated rings. The maximum absolute atomic E-state index is 6.55. The molecule has 2 heteroatoms. The highest BCUT2D eigenvalue weighted by Gasteiger charge is 2.24. The number of anilines is 1. The second-order valence-electron chi connectivity index (χ2n) is 5.64. The van der Waals surface area contributed by atoms with Gasteiger partial charge >= 0.3 is 0 Å². The van der Waals surface area contributed by atoms with Gasteiger partial charge in [0.05, 0.1) is 5.54 Å². The number of likely N-dealkylation sites (N-methyl/N-ethyl adjacent to an activating group) is 1. The first-order valence-corrected chi connectivity index (χ1v) is 7.19. The summed E-state index contributed by atoms with van der Waals surface area (Å²) in [6.45, 7) is 8.14. The van der Waals surface area contributed by atoms with Crippen LogP contribution < -0.4 is 10.6 Å². The lowest BCUT2D eigenvalue weighted by Crippen LogP contribution is -2.45. The molecule has 0 aromatic heterocycles. The number of nitrogens with two attached hydrogens (primary N) is 1. The molecule has 0 radical (unpaired) electrons. The van der Waals surface area contributed by atoms with E-state index in [2.05, 4.69) is 62.1 Å². The normalized spacial score (nSPS) is 13.8. The highest BCUT2D eigenvalue weighted by atomic mass is 15.1. The highest BCUT2D eigenvalue weighted by Crippen LogP contribution is 2.23. The fraction of sp³-hybridized carbons (Fsp3) is 0.333. The Bertz CT molecular complexity index is 546. The molecule has 0 bridgehead atoms. The quantitative estimate of drug-likeness (QED) is 0.896. The third-order valence-electron chi connectivity index (χ3n) is 3.70. The van der Waals surface area contributed by atoms with E-state index in [1.165, 1.54) is 16.8 Å². The zero-order valence-corrected chi connectivity index (χ0v) is 12.6. The molecule has 0 heterocycles.